The number of aromatic nitrogens is 2. The van der Waals surface area contributed by atoms with Crippen molar-refractivity contribution in [2.75, 3.05) is 6.54 Å². The highest BCUT2D eigenvalue weighted by atomic mass is 16.3. The molecule has 1 aliphatic rings. The highest BCUT2D eigenvalue weighted by molar-refractivity contribution is 5.14. The van der Waals surface area contributed by atoms with E-state index in [4.69, 9.17) is 0 Å². The summed E-state index contributed by atoms with van der Waals surface area (Å²) in [4.78, 5) is 0. The third-order valence-corrected chi connectivity index (χ3v) is 4.08. The number of aliphatic hydroxyl groups is 1. The maximum absolute atomic E-state index is 10.5. The summed E-state index contributed by atoms with van der Waals surface area (Å²) in [5.41, 5.74) is 0.0406. The molecule has 2 N–H and O–H groups in total. The standard InChI is InChI=1S/C14H25N3O/c1-11-4-6-13(7-5-11)15-10-14(2,18)12-8-16-17(3)9-12/h8-9,11,13,15,18H,4-7,10H2,1-3H3. The van der Waals surface area contributed by atoms with Crippen molar-refractivity contribution >= 4 is 0 Å². The van der Waals surface area contributed by atoms with Gasteiger partial charge in [0.25, 0.3) is 0 Å². The molecule has 18 heavy (non-hydrogen) atoms. The van der Waals surface area contributed by atoms with E-state index in [9.17, 15) is 5.11 Å². The smallest absolute Gasteiger partial charge is 0.102 e. The normalized spacial score (nSPS) is 28.0. The first-order valence-electron chi connectivity index (χ1n) is 6.92. The molecule has 0 aromatic carbocycles. The van der Waals surface area contributed by atoms with E-state index in [0.29, 0.717) is 12.6 Å². The average Bonchev–Trinajstić information content (AvgIpc) is 2.76. The van der Waals surface area contributed by atoms with Gasteiger partial charge in [0, 0.05) is 31.4 Å². The lowest BCUT2D eigenvalue weighted by atomic mass is 9.87. The Balaban J connectivity index is 1.85. The van der Waals surface area contributed by atoms with E-state index < -0.39 is 5.60 Å². The summed E-state index contributed by atoms with van der Waals surface area (Å²) < 4.78 is 1.73. The van der Waals surface area contributed by atoms with Gasteiger partial charge in [0.15, 0.2) is 0 Å². The number of nitrogens with zero attached hydrogens (tertiary/aromatic N) is 2. The molecule has 1 heterocycles. The van der Waals surface area contributed by atoms with Gasteiger partial charge in [-0.3, -0.25) is 4.68 Å². The first-order valence-corrected chi connectivity index (χ1v) is 6.92. The number of aryl methyl sites for hydroxylation is 1. The Labute approximate surface area is 109 Å². The quantitative estimate of drug-likeness (QED) is 0.858. The topological polar surface area (TPSA) is 50.1 Å². The van der Waals surface area contributed by atoms with Gasteiger partial charge in [-0.1, -0.05) is 6.92 Å². The van der Waals surface area contributed by atoms with Gasteiger partial charge in [0.2, 0.25) is 0 Å². The molecule has 1 unspecified atom stereocenters. The van der Waals surface area contributed by atoms with Crippen LogP contribution in [0.1, 0.15) is 45.1 Å². The summed E-state index contributed by atoms with van der Waals surface area (Å²) in [6.45, 7) is 4.77. The van der Waals surface area contributed by atoms with Gasteiger partial charge in [-0.15, -0.1) is 0 Å². The van der Waals surface area contributed by atoms with E-state index in [-0.39, 0.29) is 0 Å². The van der Waals surface area contributed by atoms with Crippen LogP contribution in [-0.2, 0) is 12.6 Å². The first-order chi connectivity index (χ1) is 8.47. The third kappa shape index (κ3) is 3.33. The monoisotopic (exact) mass is 251 g/mol. The highest BCUT2D eigenvalue weighted by Gasteiger charge is 2.26. The van der Waals surface area contributed by atoms with Crippen LogP contribution >= 0.6 is 0 Å². The lowest BCUT2D eigenvalue weighted by Crippen LogP contribution is -2.42. The molecule has 1 aromatic heterocycles. The first kappa shape index (κ1) is 13.6. The molecule has 0 aliphatic heterocycles. The van der Waals surface area contributed by atoms with Crippen LogP contribution in [0.3, 0.4) is 0 Å². The van der Waals surface area contributed by atoms with Gasteiger partial charge in [0.1, 0.15) is 5.60 Å². The van der Waals surface area contributed by atoms with Crippen molar-refractivity contribution in [2.45, 2.75) is 51.2 Å². The number of rotatable bonds is 4. The Morgan fingerprint density at radius 3 is 2.67 bits per heavy atom. The lowest BCUT2D eigenvalue weighted by Gasteiger charge is -2.30. The predicted molar refractivity (Wildman–Crippen MR) is 72.2 cm³/mol. The van der Waals surface area contributed by atoms with E-state index in [0.717, 1.165) is 11.5 Å². The molecular formula is C14H25N3O. The van der Waals surface area contributed by atoms with Crippen LogP contribution in [0.4, 0.5) is 0 Å². The summed E-state index contributed by atoms with van der Waals surface area (Å²) in [5.74, 6) is 0.863. The molecule has 102 valence electrons. The van der Waals surface area contributed by atoms with Crippen LogP contribution < -0.4 is 5.32 Å². The van der Waals surface area contributed by atoms with Crippen LogP contribution in [0, 0.1) is 5.92 Å². The molecule has 0 saturated heterocycles. The Hall–Kier alpha value is -0.870. The van der Waals surface area contributed by atoms with Gasteiger partial charge in [0.05, 0.1) is 6.20 Å². The largest absolute Gasteiger partial charge is 0.384 e. The molecular weight excluding hydrogens is 226 g/mol. The Kier molecular flexibility index (Phi) is 4.07. The summed E-state index contributed by atoms with van der Waals surface area (Å²) in [6.07, 6.45) is 8.67. The minimum atomic E-state index is -0.836. The highest BCUT2D eigenvalue weighted by Crippen LogP contribution is 2.25. The molecule has 1 saturated carbocycles. The van der Waals surface area contributed by atoms with E-state index >= 15 is 0 Å². The minimum Gasteiger partial charge on any atom is -0.384 e. The molecule has 1 atom stereocenters. The van der Waals surface area contributed by atoms with Crippen molar-refractivity contribution in [1.82, 2.24) is 15.1 Å². The zero-order valence-electron chi connectivity index (χ0n) is 11.7. The SMILES string of the molecule is CC1CCC(NCC(C)(O)c2cnn(C)c2)CC1. The Morgan fingerprint density at radius 1 is 1.44 bits per heavy atom. The fourth-order valence-electron chi connectivity index (χ4n) is 2.61. The molecule has 0 spiro atoms. The van der Waals surface area contributed by atoms with Crippen molar-refractivity contribution in [2.24, 2.45) is 13.0 Å². The van der Waals surface area contributed by atoms with E-state index in [1.54, 1.807) is 10.9 Å². The fourth-order valence-corrected chi connectivity index (χ4v) is 2.61. The maximum Gasteiger partial charge on any atom is 0.102 e. The second kappa shape index (κ2) is 5.41. The Morgan fingerprint density at radius 2 is 2.11 bits per heavy atom. The molecule has 4 heteroatoms. The number of hydrogen-bond acceptors (Lipinski definition) is 3. The zero-order chi connectivity index (χ0) is 13.2. The zero-order valence-corrected chi connectivity index (χ0v) is 11.7. The van der Waals surface area contributed by atoms with Crippen molar-refractivity contribution in [1.29, 1.82) is 0 Å². The summed E-state index contributed by atoms with van der Waals surface area (Å²) >= 11 is 0. The lowest BCUT2D eigenvalue weighted by molar-refractivity contribution is 0.0515. The van der Waals surface area contributed by atoms with Crippen LogP contribution in [0.2, 0.25) is 0 Å². The maximum atomic E-state index is 10.5. The van der Waals surface area contributed by atoms with Gasteiger partial charge < -0.3 is 10.4 Å². The summed E-state index contributed by atoms with van der Waals surface area (Å²) in [6, 6.07) is 0.560. The molecule has 0 radical (unpaired) electrons. The van der Waals surface area contributed by atoms with Crippen molar-refractivity contribution < 1.29 is 5.11 Å². The van der Waals surface area contributed by atoms with Gasteiger partial charge in [-0.05, 0) is 38.5 Å². The molecule has 2 rings (SSSR count). The molecule has 0 amide bonds. The average molecular weight is 251 g/mol. The molecule has 0 bridgehead atoms. The van der Waals surface area contributed by atoms with Crippen molar-refractivity contribution in [3.63, 3.8) is 0 Å². The van der Waals surface area contributed by atoms with Crippen molar-refractivity contribution in [3.8, 4) is 0 Å². The van der Waals surface area contributed by atoms with Gasteiger partial charge in [-0.25, -0.2) is 0 Å². The molecule has 4 nitrogen and oxygen atoms in total. The summed E-state index contributed by atoms with van der Waals surface area (Å²) in [7, 11) is 1.87. The molecule has 1 aliphatic carbocycles. The van der Waals surface area contributed by atoms with Crippen LogP contribution in [-0.4, -0.2) is 27.5 Å². The second-order valence-electron chi connectivity index (χ2n) is 6.01. The molecule has 1 fully saturated rings. The van der Waals surface area contributed by atoms with Gasteiger partial charge >= 0.3 is 0 Å². The van der Waals surface area contributed by atoms with Crippen LogP contribution in [0.15, 0.2) is 12.4 Å². The molecule has 1 aromatic rings. The minimum absolute atomic E-state index is 0.560. The number of hydrogen-bond donors (Lipinski definition) is 2. The van der Waals surface area contributed by atoms with E-state index in [1.807, 2.05) is 20.2 Å². The fraction of sp³-hybridized carbons (Fsp3) is 0.786. The van der Waals surface area contributed by atoms with E-state index in [1.165, 1.54) is 25.7 Å². The van der Waals surface area contributed by atoms with Crippen LogP contribution in [0.25, 0.3) is 0 Å². The van der Waals surface area contributed by atoms with E-state index in [2.05, 4.69) is 17.3 Å². The number of nitrogens with one attached hydrogen (secondary N) is 1. The second-order valence-corrected chi connectivity index (χ2v) is 6.01. The summed E-state index contributed by atoms with van der Waals surface area (Å²) in [5, 5.41) is 18.1. The van der Waals surface area contributed by atoms with Gasteiger partial charge in [-0.2, -0.15) is 5.10 Å². The predicted octanol–water partition coefficient (Wildman–Crippen LogP) is 1.80. The third-order valence-electron chi connectivity index (χ3n) is 4.08. The van der Waals surface area contributed by atoms with Crippen molar-refractivity contribution in [3.05, 3.63) is 18.0 Å². The Bertz CT molecular complexity index is 378. The van der Waals surface area contributed by atoms with Crippen LogP contribution in [0.5, 0.6) is 0 Å².